The molecule has 0 radical (unpaired) electrons. The zero-order chi connectivity index (χ0) is 22.6. The van der Waals surface area contributed by atoms with Gasteiger partial charge in [-0.05, 0) is 74.7 Å². The summed E-state index contributed by atoms with van der Waals surface area (Å²) < 4.78 is 70.9. The molecule has 9 heteroatoms. The Morgan fingerprint density at radius 3 is 2.39 bits per heavy atom. The van der Waals surface area contributed by atoms with Crippen LogP contribution in [-0.4, -0.2) is 37.0 Å². The van der Waals surface area contributed by atoms with Crippen LogP contribution in [0, 0.1) is 6.92 Å². The van der Waals surface area contributed by atoms with Gasteiger partial charge in [-0.1, -0.05) is 29.8 Å². The van der Waals surface area contributed by atoms with E-state index in [4.69, 9.17) is 17.0 Å². The molecule has 1 fully saturated rings. The van der Waals surface area contributed by atoms with Gasteiger partial charge in [0.05, 0.1) is 23.1 Å². The Bertz CT molecular complexity index is 1000. The summed E-state index contributed by atoms with van der Waals surface area (Å²) >= 11 is 5.37. The summed E-state index contributed by atoms with van der Waals surface area (Å²) in [5.74, 6) is 0. The van der Waals surface area contributed by atoms with E-state index in [1.165, 1.54) is 16.4 Å². The molecule has 3 rings (SSSR count). The molecular formula is C22H24F3NO3S2. The molecule has 0 saturated carbocycles. The molecule has 0 aromatic heterocycles. The minimum absolute atomic E-state index is 0.232. The number of rotatable bonds is 7. The molecule has 31 heavy (non-hydrogen) atoms. The highest BCUT2D eigenvalue weighted by molar-refractivity contribution is 7.89. The fourth-order valence-electron chi connectivity index (χ4n) is 3.51. The second-order valence-electron chi connectivity index (χ2n) is 7.55. The first-order chi connectivity index (χ1) is 14.6. The number of ether oxygens (including phenoxy) is 1. The molecule has 1 aliphatic heterocycles. The van der Waals surface area contributed by atoms with Crippen molar-refractivity contribution in [3.05, 3.63) is 65.2 Å². The average Bonchev–Trinajstić information content (AvgIpc) is 3.22. The van der Waals surface area contributed by atoms with Gasteiger partial charge in [0.2, 0.25) is 10.0 Å². The predicted molar refractivity (Wildman–Crippen MR) is 116 cm³/mol. The number of hydrogen-bond donors (Lipinski definition) is 0. The van der Waals surface area contributed by atoms with E-state index in [1.807, 2.05) is 6.92 Å². The molecule has 0 amide bonds. The van der Waals surface area contributed by atoms with Crippen molar-refractivity contribution >= 4 is 27.3 Å². The maximum Gasteiger partial charge on any atom is 0.416 e. The Hall–Kier alpha value is -1.97. The zero-order valence-electron chi connectivity index (χ0n) is 17.1. The van der Waals surface area contributed by atoms with E-state index in [9.17, 15) is 21.6 Å². The summed E-state index contributed by atoms with van der Waals surface area (Å²) in [5.41, 5.74) is 1.07. The van der Waals surface area contributed by atoms with Crippen molar-refractivity contribution in [3.8, 4) is 0 Å². The minimum atomic E-state index is -4.35. The van der Waals surface area contributed by atoms with Crippen LogP contribution in [0.15, 0.2) is 53.4 Å². The first kappa shape index (κ1) is 23.7. The summed E-state index contributed by atoms with van der Waals surface area (Å²) in [5, 5.41) is 0.237. The van der Waals surface area contributed by atoms with Gasteiger partial charge < -0.3 is 4.74 Å². The number of sulfonamides is 1. The van der Waals surface area contributed by atoms with Crippen LogP contribution >= 0.6 is 12.2 Å². The smallest absolute Gasteiger partial charge is 0.416 e. The number of benzene rings is 2. The van der Waals surface area contributed by atoms with Crippen LogP contribution in [0.4, 0.5) is 13.2 Å². The van der Waals surface area contributed by atoms with Gasteiger partial charge >= 0.3 is 6.18 Å². The Balaban J connectivity index is 1.53. The lowest BCUT2D eigenvalue weighted by atomic mass is 10.1. The van der Waals surface area contributed by atoms with Crippen molar-refractivity contribution in [1.82, 2.24) is 4.31 Å². The van der Waals surface area contributed by atoms with Gasteiger partial charge in [0.15, 0.2) is 5.05 Å². The van der Waals surface area contributed by atoms with E-state index < -0.39 is 27.8 Å². The summed E-state index contributed by atoms with van der Waals surface area (Å²) in [6, 6.07) is 11.2. The first-order valence-corrected chi connectivity index (χ1v) is 11.8. The second-order valence-corrected chi connectivity index (χ2v) is 9.85. The predicted octanol–water partition coefficient (Wildman–Crippen LogP) is 5.14. The van der Waals surface area contributed by atoms with Crippen LogP contribution in [0.1, 0.15) is 36.0 Å². The Morgan fingerprint density at radius 1 is 1.13 bits per heavy atom. The highest BCUT2D eigenvalue weighted by Crippen LogP contribution is 2.29. The van der Waals surface area contributed by atoms with Gasteiger partial charge in [0, 0.05) is 6.54 Å². The maximum absolute atomic E-state index is 13.0. The second kappa shape index (κ2) is 9.67. The van der Waals surface area contributed by atoms with E-state index in [1.54, 1.807) is 24.3 Å². The molecule has 1 aliphatic rings. The number of halogens is 3. The van der Waals surface area contributed by atoms with Crippen LogP contribution in [0.5, 0.6) is 0 Å². The maximum atomic E-state index is 13.0. The van der Waals surface area contributed by atoms with Gasteiger partial charge in [-0.15, -0.1) is 0 Å². The van der Waals surface area contributed by atoms with E-state index in [2.05, 4.69) is 0 Å². The van der Waals surface area contributed by atoms with Crippen molar-refractivity contribution in [2.75, 3.05) is 13.2 Å². The van der Waals surface area contributed by atoms with E-state index >= 15 is 0 Å². The van der Waals surface area contributed by atoms with Crippen molar-refractivity contribution in [1.29, 1.82) is 0 Å². The molecule has 2 aromatic rings. The quantitative estimate of drug-likeness (QED) is 0.414. The number of nitrogens with zero attached hydrogens (tertiary/aromatic N) is 1. The molecule has 2 aromatic carbocycles. The van der Waals surface area contributed by atoms with Crippen molar-refractivity contribution in [2.45, 2.75) is 49.7 Å². The molecular weight excluding hydrogens is 447 g/mol. The monoisotopic (exact) mass is 471 g/mol. The fraction of sp³-hybridized carbons (Fsp3) is 0.409. The Kier molecular flexibility index (Phi) is 7.39. The van der Waals surface area contributed by atoms with Crippen molar-refractivity contribution < 1.29 is 26.3 Å². The van der Waals surface area contributed by atoms with Crippen molar-refractivity contribution in [2.24, 2.45) is 0 Å². The molecule has 4 nitrogen and oxygen atoms in total. The average molecular weight is 472 g/mol. The molecule has 0 aliphatic carbocycles. The fourth-order valence-corrected chi connectivity index (χ4v) is 5.57. The Morgan fingerprint density at radius 2 is 1.77 bits per heavy atom. The zero-order valence-corrected chi connectivity index (χ0v) is 18.7. The minimum Gasteiger partial charge on any atom is -0.485 e. The van der Waals surface area contributed by atoms with Gasteiger partial charge in [0.25, 0.3) is 0 Å². The van der Waals surface area contributed by atoms with Crippen LogP contribution in [0.25, 0.3) is 0 Å². The number of hydrogen-bond acceptors (Lipinski definition) is 4. The third-order valence-electron chi connectivity index (χ3n) is 5.24. The van der Waals surface area contributed by atoms with Gasteiger partial charge in [0.1, 0.15) is 0 Å². The lowest BCUT2D eigenvalue weighted by Gasteiger charge is -2.24. The molecule has 1 unspecified atom stereocenters. The van der Waals surface area contributed by atoms with Gasteiger partial charge in [-0.25, -0.2) is 8.42 Å². The number of aryl methyl sites for hydroxylation is 2. The van der Waals surface area contributed by atoms with Crippen LogP contribution in [0.2, 0.25) is 0 Å². The molecule has 0 N–H and O–H groups in total. The summed E-state index contributed by atoms with van der Waals surface area (Å²) in [6.45, 7) is 2.55. The normalized spacial score (nSPS) is 17.6. The third-order valence-corrected chi connectivity index (χ3v) is 7.55. The lowest BCUT2D eigenvalue weighted by molar-refractivity contribution is -0.137. The Labute approximate surface area is 186 Å². The first-order valence-electron chi connectivity index (χ1n) is 10.0. The molecule has 0 spiro atoms. The number of thiocarbonyl (C=S) groups is 1. The molecule has 1 heterocycles. The highest BCUT2D eigenvalue weighted by Gasteiger charge is 2.38. The van der Waals surface area contributed by atoms with E-state index in [-0.39, 0.29) is 16.6 Å². The van der Waals surface area contributed by atoms with E-state index in [0.29, 0.717) is 32.2 Å². The molecule has 1 atom stereocenters. The largest absolute Gasteiger partial charge is 0.485 e. The molecule has 1 saturated heterocycles. The van der Waals surface area contributed by atoms with Gasteiger partial charge in [-0.2, -0.15) is 17.5 Å². The van der Waals surface area contributed by atoms with Crippen LogP contribution in [0.3, 0.4) is 0 Å². The summed E-state index contributed by atoms with van der Waals surface area (Å²) in [6.07, 6.45) is -1.95. The third kappa shape index (κ3) is 5.84. The standard InChI is InChI=1S/C22H24F3NO3S2/c1-16-6-12-19(13-7-16)31(27,28)26-14-2-5-20(26)21(30)29-15-3-4-17-8-10-18(11-9-17)22(23,24)25/h6-13,20H,2-5,14-15H2,1H3. The van der Waals surface area contributed by atoms with E-state index in [0.717, 1.165) is 23.3 Å². The van der Waals surface area contributed by atoms with Crippen LogP contribution in [-0.2, 0) is 27.4 Å². The SMILES string of the molecule is Cc1ccc(S(=O)(=O)N2CCCC2C(=S)OCCCc2ccc(C(F)(F)F)cc2)cc1. The lowest BCUT2D eigenvalue weighted by Crippen LogP contribution is -2.40. The summed E-state index contributed by atoms with van der Waals surface area (Å²) in [4.78, 5) is 0.232. The molecule has 168 valence electrons. The van der Waals surface area contributed by atoms with Gasteiger partial charge in [-0.3, -0.25) is 0 Å². The van der Waals surface area contributed by atoms with Crippen LogP contribution < -0.4 is 0 Å². The highest BCUT2D eigenvalue weighted by atomic mass is 32.2. The topological polar surface area (TPSA) is 46.6 Å². The number of alkyl halides is 3. The van der Waals surface area contributed by atoms with Crippen molar-refractivity contribution in [3.63, 3.8) is 0 Å². The summed E-state index contributed by atoms with van der Waals surface area (Å²) in [7, 11) is -3.67. The molecule has 0 bridgehead atoms.